The van der Waals surface area contributed by atoms with Crippen molar-refractivity contribution < 1.29 is 27.3 Å². The van der Waals surface area contributed by atoms with Crippen LogP contribution in [0.25, 0.3) is 0 Å². The molecule has 2 saturated heterocycles. The van der Waals surface area contributed by atoms with Crippen LogP contribution in [0.2, 0.25) is 0 Å². The van der Waals surface area contributed by atoms with Crippen molar-refractivity contribution in [3.05, 3.63) is 12.2 Å². The van der Waals surface area contributed by atoms with Crippen molar-refractivity contribution >= 4 is 16.0 Å². The summed E-state index contributed by atoms with van der Waals surface area (Å²) in [5.74, 6) is 0.117. The van der Waals surface area contributed by atoms with Gasteiger partial charge in [-0.3, -0.25) is 4.79 Å². The number of amides is 1. The molecule has 2 aliphatic heterocycles. The van der Waals surface area contributed by atoms with E-state index in [2.05, 4.69) is 12.2 Å². The fraction of sp³-hybridized carbons (Fsp3) is 0.812. The second-order valence-electron chi connectivity index (χ2n) is 8.18. The van der Waals surface area contributed by atoms with Gasteiger partial charge < -0.3 is 9.84 Å². The molecule has 0 aromatic heterocycles. The topological polar surface area (TPSA) is 96.4 Å². The van der Waals surface area contributed by atoms with Crippen molar-refractivity contribution in [1.29, 1.82) is 0 Å². The summed E-state index contributed by atoms with van der Waals surface area (Å²) in [6, 6.07) is 0. The monoisotopic (exact) mass is 353 g/mol. The molecule has 130 valence electrons. The van der Waals surface area contributed by atoms with Crippen LogP contribution >= 0.6 is 0 Å². The molecule has 0 aromatic carbocycles. The van der Waals surface area contributed by atoms with Crippen LogP contribution in [0.1, 0.15) is 25.7 Å². The molecule has 6 rings (SSSR count). The molecular weight excluding hydrogens is 334 g/mol. The van der Waals surface area contributed by atoms with Crippen LogP contribution in [0.4, 0.5) is 0 Å². The number of ether oxygens (including phenoxy) is 1. The van der Waals surface area contributed by atoms with E-state index in [0.717, 1.165) is 17.9 Å². The zero-order valence-electron chi connectivity index (χ0n) is 12.9. The Bertz CT molecular complexity index is 773. The van der Waals surface area contributed by atoms with E-state index in [4.69, 9.17) is 9.02 Å². The molecule has 0 aromatic rings. The number of hydrogen-bond acceptors (Lipinski definition) is 6. The molecule has 0 spiro atoms. The van der Waals surface area contributed by atoms with Crippen molar-refractivity contribution in [2.45, 2.75) is 48.9 Å². The van der Waals surface area contributed by atoms with Crippen LogP contribution in [0.3, 0.4) is 0 Å². The molecule has 7 nitrogen and oxygen atoms in total. The molecular formula is C16H19NO6S. The molecule has 1 N–H and O–H groups in total. The smallest absolute Gasteiger partial charge is 0.296 e. The number of fused-ring (bicyclic) bond motifs is 8. The van der Waals surface area contributed by atoms with Gasteiger partial charge in [0.25, 0.3) is 16.0 Å². The maximum Gasteiger partial charge on any atom is 0.296 e. The normalized spacial score (nSPS) is 56.2. The summed E-state index contributed by atoms with van der Waals surface area (Å²) >= 11 is 0. The Morgan fingerprint density at radius 3 is 2.75 bits per heavy atom. The SMILES string of the molecule is O=C1C2C3C=CC(C3)C2C2OC2N1OS(=O)(=O)C12CCC1CC2O. The summed E-state index contributed by atoms with van der Waals surface area (Å²) in [6.07, 6.45) is 5.25. The van der Waals surface area contributed by atoms with Gasteiger partial charge in [0.15, 0.2) is 6.23 Å². The van der Waals surface area contributed by atoms with Gasteiger partial charge in [0, 0.05) is 5.92 Å². The number of carbonyl (C=O) groups excluding carboxylic acids is 1. The number of piperidine rings is 1. The van der Waals surface area contributed by atoms with Gasteiger partial charge in [0.05, 0.1) is 12.0 Å². The first kappa shape index (κ1) is 14.2. The first-order valence-corrected chi connectivity index (χ1v) is 10.1. The second-order valence-corrected chi connectivity index (χ2v) is 9.99. The lowest BCUT2D eigenvalue weighted by molar-refractivity contribution is -0.177. The molecule has 0 radical (unpaired) electrons. The standard InChI is InChI=1S/C16H19NO6S/c18-10-6-9-3-4-16(9,10)24(20,21)23-17-14(19)12-8-2-1-7(5-8)11(12)13-15(17)22-13/h1-2,7-13,15,18H,3-6H2. The largest absolute Gasteiger partial charge is 0.391 e. The van der Waals surface area contributed by atoms with E-state index in [-0.39, 0.29) is 35.7 Å². The third kappa shape index (κ3) is 1.39. The number of rotatable bonds is 3. The Balaban J connectivity index is 1.30. The predicted octanol–water partition coefficient (Wildman–Crippen LogP) is 0.167. The fourth-order valence-corrected chi connectivity index (χ4v) is 7.89. The van der Waals surface area contributed by atoms with Crippen LogP contribution in [0.15, 0.2) is 12.2 Å². The number of aliphatic hydroxyl groups is 1. The minimum Gasteiger partial charge on any atom is -0.391 e. The van der Waals surface area contributed by atoms with Crippen LogP contribution in [-0.4, -0.2) is 47.7 Å². The molecule has 5 fully saturated rings. The lowest BCUT2D eigenvalue weighted by Crippen LogP contribution is -2.71. The molecule has 4 aliphatic carbocycles. The lowest BCUT2D eigenvalue weighted by Gasteiger charge is -2.59. The highest BCUT2D eigenvalue weighted by molar-refractivity contribution is 7.88. The van der Waals surface area contributed by atoms with Gasteiger partial charge in [0.2, 0.25) is 0 Å². The second kappa shape index (κ2) is 4.06. The van der Waals surface area contributed by atoms with Crippen molar-refractivity contribution in [2.75, 3.05) is 0 Å². The molecule has 6 aliphatic rings. The summed E-state index contributed by atoms with van der Waals surface area (Å²) in [7, 11) is -4.06. The van der Waals surface area contributed by atoms with E-state index in [1.54, 1.807) is 0 Å². The van der Waals surface area contributed by atoms with Gasteiger partial charge in [-0.05, 0) is 43.4 Å². The Labute approximate surface area is 139 Å². The van der Waals surface area contributed by atoms with Gasteiger partial charge in [-0.15, -0.1) is 4.28 Å². The van der Waals surface area contributed by atoms with Gasteiger partial charge >= 0.3 is 0 Å². The molecule has 1 amide bonds. The minimum absolute atomic E-state index is 0.0496. The number of epoxide rings is 1. The minimum atomic E-state index is -4.06. The molecule has 2 bridgehead atoms. The van der Waals surface area contributed by atoms with Crippen LogP contribution < -0.4 is 0 Å². The number of nitrogens with zero attached hydrogens (tertiary/aromatic N) is 1. The number of hydrogen-bond donors (Lipinski definition) is 1. The molecule has 24 heavy (non-hydrogen) atoms. The van der Waals surface area contributed by atoms with E-state index in [1.165, 1.54) is 0 Å². The van der Waals surface area contributed by atoms with Crippen LogP contribution in [0, 0.1) is 29.6 Å². The maximum absolute atomic E-state index is 12.9. The van der Waals surface area contributed by atoms with Crippen LogP contribution in [0.5, 0.6) is 0 Å². The Morgan fingerprint density at radius 1 is 1.29 bits per heavy atom. The highest BCUT2D eigenvalue weighted by atomic mass is 32.2. The van der Waals surface area contributed by atoms with Crippen molar-refractivity contribution in [3.63, 3.8) is 0 Å². The Morgan fingerprint density at radius 2 is 2.08 bits per heavy atom. The molecule has 3 saturated carbocycles. The zero-order valence-corrected chi connectivity index (χ0v) is 13.8. The molecule has 9 atom stereocenters. The number of allylic oxidation sites excluding steroid dienone is 2. The van der Waals surface area contributed by atoms with Crippen molar-refractivity contribution in [2.24, 2.45) is 29.6 Å². The average Bonchev–Trinajstić information content (AvgIpc) is 3.03. The first-order valence-electron chi connectivity index (χ1n) is 8.73. The van der Waals surface area contributed by atoms with E-state index in [9.17, 15) is 18.3 Å². The lowest BCUT2D eigenvalue weighted by atomic mass is 9.57. The average molecular weight is 353 g/mol. The first-order chi connectivity index (χ1) is 11.4. The number of carbonyl (C=O) groups is 1. The molecule has 9 unspecified atom stereocenters. The van der Waals surface area contributed by atoms with Gasteiger partial charge in [-0.25, -0.2) is 0 Å². The van der Waals surface area contributed by atoms with Gasteiger partial charge in [0.1, 0.15) is 10.9 Å². The number of aliphatic hydroxyl groups excluding tert-OH is 1. The maximum atomic E-state index is 12.9. The summed E-state index contributed by atoms with van der Waals surface area (Å²) in [4.78, 5) is 12.9. The Kier molecular flexibility index (Phi) is 2.41. The third-order valence-electron chi connectivity index (χ3n) is 7.42. The fourth-order valence-electron chi connectivity index (χ4n) is 5.96. The zero-order chi connectivity index (χ0) is 16.4. The Hall–Kier alpha value is -0.960. The van der Waals surface area contributed by atoms with Crippen molar-refractivity contribution in [1.82, 2.24) is 5.06 Å². The van der Waals surface area contributed by atoms with Gasteiger partial charge in [-0.2, -0.15) is 13.5 Å². The van der Waals surface area contributed by atoms with E-state index < -0.39 is 27.2 Å². The highest BCUT2D eigenvalue weighted by Crippen LogP contribution is 2.61. The van der Waals surface area contributed by atoms with E-state index in [1.807, 2.05) is 0 Å². The van der Waals surface area contributed by atoms with E-state index >= 15 is 0 Å². The summed E-state index contributed by atoms with van der Waals surface area (Å²) < 4.78 is 35.3. The van der Waals surface area contributed by atoms with Crippen molar-refractivity contribution in [3.8, 4) is 0 Å². The third-order valence-corrected chi connectivity index (χ3v) is 9.52. The predicted molar refractivity (Wildman–Crippen MR) is 79.3 cm³/mol. The molecule has 8 heteroatoms. The molecule has 2 heterocycles. The van der Waals surface area contributed by atoms with Gasteiger partial charge in [-0.1, -0.05) is 12.2 Å². The summed E-state index contributed by atoms with van der Waals surface area (Å²) in [6.45, 7) is 0. The quantitative estimate of drug-likeness (QED) is 0.574. The number of hydroxylamine groups is 2. The highest BCUT2D eigenvalue weighted by Gasteiger charge is 2.72. The van der Waals surface area contributed by atoms with Crippen LogP contribution in [-0.2, 0) is 23.9 Å². The summed E-state index contributed by atoms with van der Waals surface area (Å²) in [5, 5.41) is 11.0. The van der Waals surface area contributed by atoms with E-state index in [0.29, 0.717) is 18.8 Å². The summed E-state index contributed by atoms with van der Waals surface area (Å²) in [5.41, 5.74) is 0.